The summed E-state index contributed by atoms with van der Waals surface area (Å²) in [5.41, 5.74) is 1.97. The van der Waals surface area contributed by atoms with Crippen molar-refractivity contribution in [3.8, 4) is 11.5 Å². The summed E-state index contributed by atoms with van der Waals surface area (Å²) in [6, 6.07) is 4.40. The normalized spacial score (nSPS) is 19.4. The summed E-state index contributed by atoms with van der Waals surface area (Å²) in [7, 11) is 0. The van der Waals surface area contributed by atoms with Crippen LogP contribution in [0.3, 0.4) is 0 Å². The van der Waals surface area contributed by atoms with E-state index < -0.39 is 0 Å². The third-order valence-electron chi connectivity index (χ3n) is 4.53. The lowest BCUT2D eigenvalue weighted by atomic mass is 9.87. The van der Waals surface area contributed by atoms with Crippen molar-refractivity contribution in [1.82, 2.24) is 5.32 Å². The first-order valence-electron chi connectivity index (χ1n) is 8.73. The first-order valence-corrected chi connectivity index (χ1v) is 8.73. The predicted octanol–water partition coefficient (Wildman–Crippen LogP) is 3.53. The Kier molecular flexibility index (Phi) is 5.93. The lowest BCUT2D eigenvalue weighted by molar-refractivity contribution is -0.00771. The summed E-state index contributed by atoms with van der Waals surface area (Å²) in [6.45, 7) is 9.23. The van der Waals surface area contributed by atoms with Crippen LogP contribution >= 0.6 is 0 Å². The van der Waals surface area contributed by atoms with E-state index in [9.17, 15) is 10.2 Å². The Morgan fingerprint density at radius 1 is 1.30 bits per heavy atom. The number of phenolic OH excluding ortho intramolecular Hbond substituents is 2. The summed E-state index contributed by atoms with van der Waals surface area (Å²) in [5, 5.41) is 23.3. The highest BCUT2D eigenvalue weighted by atomic mass is 16.5. The molecule has 0 amide bonds. The van der Waals surface area contributed by atoms with Crippen LogP contribution < -0.4 is 5.32 Å². The van der Waals surface area contributed by atoms with Crippen molar-refractivity contribution in [3.63, 3.8) is 0 Å². The quantitative estimate of drug-likeness (QED) is 0.702. The van der Waals surface area contributed by atoms with Gasteiger partial charge in [-0.25, -0.2) is 0 Å². The third kappa shape index (κ3) is 5.11. The monoisotopic (exact) mass is 321 g/mol. The van der Waals surface area contributed by atoms with Crippen molar-refractivity contribution >= 4 is 0 Å². The number of fused-ring (bicyclic) bond motifs is 1. The number of nitrogens with one attached hydrogen (secondary N) is 1. The molecule has 2 unspecified atom stereocenters. The lowest BCUT2D eigenvalue weighted by Crippen LogP contribution is -2.42. The molecular formula is C19H31NO3. The second kappa shape index (κ2) is 7.54. The van der Waals surface area contributed by atoms with Gasteiger partial charge in [-0.3, -0.25) is 0 Å². The van der Waals surface area contributed by atoms with Crippen LogP contribution in [0.5, 0.6) is 11.5 Å². The Morgan fingerprint density at radius 2 is 2.04 bits per heavy atom. The third-order valence-corrected chi connectivity index (χ3v) is 4.53. The van der Waals surface area contributed by atoms with Crippen molar-refractivity contribution in [2.75, 3.05) is 6.61 Å². The van der Waals surface area contributed by atoms with Gasteiger partial charge >= 0.3 is 0 Å². The fourth-order valence-corrected chi connectivity index (χ4v) is 3.21. The molecule has 1 aromatic rings. The van der Waals surface area contributed by atoms with E-state index >= 15 is 0 Å². The van der Waals surface area contributed by atoms with Crippen LogP contribution in [0.2, 0.25) is 0 Å². The zero-order chi connectivity index (χ0) is 17.0. The summed E-state index contributed by atoms with van der Waals surface area (Å²) in [5.74, 6) is 0.0486. The summed E-state index contributed by atoms with van der Waals surface area (Å²) in [6.07, 6.45) is 4.79. The van der Waals surface area contributed by atoms with Gasteiger partial charge in [0.15, 0.2) is 11.5 Å². The maximum atomic E-state index is 9.96. The van der Waals surface area contributed by atoms with Crippen LogP contribution in [-0.2, 0) is 17.6 Å². The molecule has 0 aliphatic heterocycles. The van der Waals surface area contributed by atoms with E-state index in [4.69, 9.17) is 4.74 Å². The second-order valence-electron chi connectivity index (χ2n) is 7.53. The second-order valence-corrected chi connectivity index (χ2v) is 7.53. The SMILES string of the molecule is CCC(CCOC(C)(C)C)NC1CCc2c(ccc(O)c2O)C1. The fourth-order valence-electron chi connectivity index (χ4n) is 3.21. The molecule has 3 N–H and O–H groups in total. The standard InChI is InChI=1S/C19H31NO3/c1-5-14(10-11-23-19(2,3)4)20-15-7-8-16-13(12-15)6-9-17(21)18(16)22/h6,9,14-15,20-22H,5,7-8,10-12H2,1-4H3. The molecule has 130 valence electrons. The lowest BCUT2D eigenvalue weighted by Gasteiger charge is -2.30. The molecular weight excluding hydrogens is 290 g/mol. The van der Waals surface area contributed by atoms with E-state index in [1.165, 1.54) is 0 Å². The zero-order valence-corrected chi connectivity index (χ0v) is 14.9. The van der Waals surface area contributed by atoms with Gasteiger partial charge in [-0.2, -0.15) is 0 Å². The number of ether oxygens (including phenoxy) is 1. The number of hydrogen-bond donors (Lipinski definition) is 3. The largest absolute Gasteiger partial charge is 0.504 e. The topological polar surface area (TPSA) is 61.7 Å². The van der Waals surface area contributed by atoms with Crippen LogP contribution in [0.4, 0.5) is 0 Å². The first-order chi connectivity index (χ1) is 10.8. The van der Waals surface area contributed by atoms with Crippen molar-refractivity contribution < 1.29 is 14.9 Å². The minimum absolute atomic E-state index is 0.0130. The molecule has 1 aliphatic carbocycles. The molecule has 0 heterocycles. The molecule has 0 saturated carbocycles. The molecule has 2 rings (SSSR count). The smallest absolute Gasteiger partial charge is 0.160 e. The minimum atomic E-state index is -0.0817. The van der Waals surface area contributed by atoms with Crippen LogP contribution in [0.1, 0.15) is 58.1 Å². The van der Waals surface area contributed by atoms with Crippen molar-refractivity contribution in [2.24, 2.45) is 0 Å². The average Bonchev–Trinajstić information content (AvgIpc) is 2.49. The van der Waals surface area contributed by atoms with Crippen molar-refractivity contribution in [1.29, 1.82) is 0 Å². The van der Waals surface area contributed by atoms with E-state index in [0.29, 0.717) is 12.1 Å². The first kappa shape index (κ1) is 18.1. The van der Waals surface area contributed by atoms with Gasteiger partial charge in [-0.15, -0.1) is 0 Å². The highest BCUT2D eigenvalue weighted by molar-refractivity contribution is 5.50. The molecule has 0 bridgehead atoms. The Balaban J connectivity index is 1.89. The van der Waals surface area contributed by atoms with E-state index in [-0.39, 0.29) is 17.1 Å². The van der Waals surface area contributed by atoms with E-state index in [1.54, 1.807) is 6.07 Å². The number of hydrogen-bond acceptors (Lipinski definition) is 4. The number of aromatic hydroxyl groups is 2. The van der Waals surface area contributed by atoms with Crippen LogP contribution in [0.25, 0.3) is 0 Å². The summed E-state index contributed by atoms with van der Waals surface area (Å²) >= 11 is 0. The highest BCUT2D eigenvalue weighted by Crippen LogP contribution is 2.35. The van der Waals surface area contributed by atoms with Gasteiger partial charge in [0.1, 0.15) is 0 Å². The van der Waals surface area contributed by atoms with E-state index in [2.05, 4.69) is 33.0 Å². The molecule has 0 radical (unpaired) electrons. The average molecular weight is 321 g/mol. The fraction of sp³-hybridized carbons (Fsp3) is 0.684. The van der Waals surface area contributed by atoms with Gasteiger partial charge in [-0.1, -0.05) is 13.0 Å². The van der Waals surface area contributed by atoms with Gasteiger partial charge in [0.25, 0.3) is 0 Å². The predicted molar refractivity (Wildman–Crippen MR) is 93.1 cm³/mol. The van der Waals surface area contributed by atoms with Crippen LogP contribution in [0, 0.1) is 0 Å². The Labute approximate surface area is 139 Å². The molecule has 0 spiro atoms. The molecule has 23 heavy (non-hydrogen) atoms. The molecule has 0 fully saturated rings. The van der Waals surface area contributed by atoms with E-state index in [0.717, 1.165) is 49.8 Å². The van der Waals surface area contributed by atoms with Gasteiger partial charge < -0.3 is 20.3 Å². The molecule has 1 aromatic carbocycles. The maximum Gasteiger partial charge on any atom is 0.160 e. The van der Waals surface area contributed by atoms with Crippen LogP contribution in [-0.4, -0.2) is 34.5 Å². The highest BCUT2D eigenvalue weighted by Gasteiger charge is 2.24. The van der Waals surface area contributed by atoms with Gasteiger partial charge in [0.05, 0.1) is 5.60 Å². The minimum Gasteiger partial charge on any atom is -0.504 e. The Hall–Kier alpha value is -1.26. The summed E-state index contributed by atoms with van der Waals surface area (Å²) in [4.78, 5) is 0. The van der Waals surface area contributed by atoms with E-state index in [1.807, 2.05) is 6.07 Å². The Morgan fingerprint density at radius 3 is 2.70 bits per heavy atom. The molecule has 2 atom stereocenters. The van der Waals surface area contributed by atoms with Gasteiger partial charge in [0.2, 0.25) is 0 Å². The van der Waals surface area contributed by atoms with Crippen molar-refractivity contribution in [3.05, 3.63) is 23.3 Å². The zero-order valence-electron chi connectivity index (χ0n) is 14.9. The number of phenols is 2. The number of benzene rings is 1. The van der Waals surface area contributed by atoms with Crippen molar-refractivity contribution in [2.45, 2.75) is 77.5 Å². The molecule has 0 saturated heterocycles. The molecule has 4 nitrogen and oxygen atoms in total. The van der Waals surface area contributed by atoms with Gasteiger partial charge in [-0.05, 0) is 64.5 Å². The molecule has 1 aliphatic rings. The van der Waals surface area contributed by atoms with Crippen LogP contribution in [0.15, 0.2) is 12.1 Å². The summed E-state index contributed by atoms with van der Waals surface area (Å²) < 4.78 is 5.84. The maximum absolute atomic E-state index is 9.96. The Bertz CT molecular complexity index is 522. The molecule has 4 heteroatoms. The number of rotatable bonds is 6. The van der Waals surface area contributed by atoms with Gasteiger partial charge in [0, 0.05) is 24.3 Å². The molecule has 0 aromatic heterocycles.